The van der Waals surface area contributed by atoms with Crippen molar-refractivity contribution in [1.82, 2.24) is 25.1 Å². The van der Waals surface area contributed by atoms with E-state index in [-0.39, 0.29) is 18.0 Å². The van der Waals surface area contributed by atoms with Gasteiger partial charge in [-0.3, -0.25) is 4.79 Å². The number of aromatic nitrogens is 4. The highest BCUT2D eigenvalue weighted by molar-refractivity contribution is 5.98. The molecule has 2 aromatic heterocycles. The molecule has 0 spiro atoms. The van der Waals surface area contributed by atoms with Crippen molar-refractivity contribution in [3.8, 4) is 22.8 Å². The van der Waals surface area contributed by atoms with E-state index >= 15 is 0 Å². The van der Waals surface area contributed by atoms with E-state index in [0.717, 1.165) is 59.5 Å². The zero-order chi connectivity index (χ0) is 24.2. The lowest BCUT2D eigenvalue weighted by Gasteiger charge is -2.29. The summed E-state index contributed by atoms with van der Waals surface area (Å²) in [6.07, 6.45) is 8.36. The van der Waals surface area contributed by atoms with Crippen molar-refractivity contribution < 1.29 is 9.53 Å². The number of carbonyl (C=O) groups is 1. The second-order valence-corrected chi connectivity index (χ2v) is 8.70. The summed E-state index contributed by atoms with van der Waals surface area (Å²) in [5.41, 5.74) is 8.70. The minimum atomic E-state index is -0.0389. The first-order chi connectivity index (χ1) is 17.1. The second-order valence-electron chi connectivity index (χ2n) is 8.70. The smallest absolute Gasteiger partial charge is 0.243 e. The van der Waals surface area contributed by atoms with Crippen LogP contribution in [0.25, 0.3) is 22.3 Å². The SMILES string of the molecule is C/C=C/C(=O)NC1CCC(n2nc(-c3ccc(Oc4ccccc4)cc3)c3c(N)ncnc32)CC1. The molecule has 3 N–H and O–H groups in total. The zero-order valence-electron chi connectivity index (χ0n) is 19.6. The number of carbonyl (C=O) groups excluding carboxylic acids is 1. The molecule has 1 saturated carbocycles. The van der Waals surface area contributed by atoms with Crippen molar-refractivity contribution in [2.45, 2.75) is 44.7 Å². The third-order valence-electron chi connectivity index (χ3n) is 6.33. The molecule has 0 saturated heterocycles. The van der Waals surface area contributed by atoms with Gasteiger partial charge in [0.1, 0.15) is 29.3 Å². The van der Waals surface area contributed by atoms with Crippen molar-refractivity contribution in [1.29, 1.82) is 0 Å². The van der Waals surface area contributed by atoms with Crippen LogP contribution in [0.4, 0.5) is 5.82 Å². The number of para-hydroxylation sites is 1. The van der Waals surface area contributed by atoms with Crippen LogP contribution in [0.15, 0.2) is 73.1 Å². The number of rotatable bonds is 6. The van der Waals surface area contributed by atoms with Gasteiger partial charge < -0.3 is 15.8 Å². The topological polar surface area (TPSA) is 108 Å². The Hall–Kier alpha value is -4.20. The molecule has 2 heterocycles. The first-order valence-corrected chi connectivity index (χ1v) is 11.9. The molecule has 0 atom stereocenters. The molecule has 5 rings (SSSR count). The number of nitrogens with one attached hydrogen (secondary N) is 1. The third kappa shape index (κ3) is 4.87. The highest BCUT2D eigenvalue weighted by Gasteiger charge is 2.27. The molecular formula is C27H28N6O2. The molecule has 35 heavy (non-hydrogen) atoms. The van der Waals surface area contributed by atoms with E-state index in [0.29, 0.717) is 5.82 Å². The molecule has 4 aromatic rings. The number of ether oxygens (including phenoxy) is 1. The summed E-state index contributed by atoms with van der Waals surface area (Å²) >= 11 is 0. The first-order valence-electron chi connectivity index (χ1n) is 11.9. The Morgan fingerprint density at radius 3 is 2.46 bits per heavy atom. The van der Waals surface area contributed by atoms with Crippen LogP contribution in [-0.2, 0) is 4.79 Å². The minimum Gasteiger partial charge on any atom is -0.457 e. The molecule has 2 aromatic carbocycles. The van der Waals surface area contributed by atoms with Gasteiger partial charge >= 0.3 is 0 Å². The van der Waals surface area contributed by atoms with Crippen LogP contribution in [0.5, 0.6) is 11.5 Å². The number of allylic oxidation sites excluding steroid dienone is 1. The molecule has 1 aliphatic carbocycles. The molecule has 0 radical (unpaired) electrons. The number of benzene rings is 2. The quantitative estimate of drug-likeness (QED) is 0.384. The van der Waals surface area contributed by atoms with Gasteiger partial charge in [0, 0.05) is 11.6 Å². The summed E-state index contributed by atoms with van der Waals surface area (Å²) < 4.78 is 7.91. The normalized spacial score (nSPS) is 18.1. The van der Waals surface area contributed by atoms with Crippen LogP contribution in [0.3, 0.4) is 0 Å². The van der Waals surface area contributed by atoms with Gasteiger partial charge in [0.05, 0.1) is 11.4 Å². The van der Waals surface area contributed by atoms with Gasteiger partial charge in [-0.05, 0) is 75.1 Å². The van der Waals surface area contributed by atoms with Crippen molar-refractivity contribution in [3.63, 3.8) is 0 Å². The fraction of sp³-hybridized carbons (Fsp3) is 0.259. The van der Waals surface area contributed by atoms with E-state index < -0.39 is 0 Å². The average Bonchev–Trinajstić information content (AvgIpc) is 3.27. The van der Waals surface area contributed by atoms with E-state index in [2.05, 4.69) is 15.3 Å². The lowest BCUT2D eigenvalue weighted by atomic mass is 9.91. The standard InChI is InChI=1S/C27H28N6O2/c1-2-6-23(34)31-19-11-13-20(14-12-19)33-27-24(26(28)29-17-30-27)25(32-33)18-9-15-22(16-10-18)35-21-7-4-3-5-8-21/h2-10,15-17,19-20H,11-14H2,1H3,(H,31,34)(H2,28,29,30)/b6-2+. The molecule has 1 fully saturated rings. The molecular weight excluding hydrogens is 440 g/mol. The van der Waals surface area contributed by atoms with Crippen molar-refractivity contribution in [2.24, 2.45) is 0 Å². The second kappa shape index (κ2) is 9.97. The van der Waals surface area contributed by atoms with Crippen LogP contribution < -0.4 is 15.8 Å². The van der Waals surface area contributed by atoms with Crippen LogP contribution in [0.2, 0.25) is 0 Å². The molecule has 1 amide bonds. The fourth-order valence-electron chi connectivity index (χ4n) is 4.62. The molecule has 8 nitrogen and oxygen atoms in total. The number of hydrogen-bond donors (Lipinski definition) is 2. The maximum absolute atomic E-state index is 11.9. The van der Waals surface area contributed by atoms with E-state index in [4.69, 9.17) is 15.6 Å². The zero-order valence-corrected chi connectivity index (χ0v) is 19.6. The average molecular weight is 469 g/mol. The highest BCUT2D eigenvalue weighted by Crippen LogP contribution is 2.36. The number of amides is 1. The van der Waals surface area contributed by atoms with E-state index in [1.165, 1.54) is 6.33 Å². The summed E-state index contributed by atoms with van der Waals surface area (Å²) in [6, 6.07) is 17.8. The molecule has 0 bridgehead atoms. The first kappa shape index (κ1) is 22.6. The van der Waals surface area contributed by atoms with Gasteiger partial charge in [0.15, 0.2) is 5.65 Å². The maximum Gasteiger partial charge on any atom is 0.243 e. The predicted molar refractivity (Wildman–Crippen MR) is 136 cm³/mol. The lowest BCUT2D eigenvalue weighted by molar-refractivity contribution is -0.117. The number of nitrogen functional groups attached to an aromatic ring is 1. The number of anilines is 1. The van der Waals surface area contributed by atoms with Crippen LogP contribution in [-0.4, -0.2) is 31.7 Å². The van der Waals surface area contributed by atoms with Gasteiger partial charge in [-0.2, -0.15) is 5.10 Å². The summed E-state index contributed by atoms with van der Waals surface area (Å²) in [5, 5.41) is 8.80. The van der Waals surface area contributed by atoms with Gasteiger partial charge in [0.25, 0.3) is 0 Å². The summed E-state index contributed by atoms with van der Waals surface area (Å²) in [4.78, 5) is 20.7. The van der Waals surface area contributed by atoms with Gasteiger partial charge in [-0.15, -0.1) is 0 Å². The van der Waals surface area contributed by atoms with Crippen molar-refractivity contribution in [3.05, 3.63) is 73.1 Å². The molecule has 0 unspecified atom stereocenters. The third-order valence-corrected chi connectivity index (χ3v) is 6.33. The largest absolute Gasteiger partial charge is 0.457 e. The van der Waals surface area contributed by atoms with E-state index in [1.54, 1.807) is 12.2 Å². The Labute approximate surface area is 203 Å². The molecule has 1 aliphatic rings. The maximum atomic E-state index is 11.9. The Morgan fingerprint density at radius 1 is 1.03 bits per heavy atom. The predicted octanol–water partition coefficient (Wildman–Crippen LogP) is 5.04. The summed E-state index contributed by atoms with van der Waals surface area (Å²) in [6.45, 7) is 1.84. The number of fused-ring (bicyclic) bond motifs is 1. The Balaban J connectivity index is 1.39. The van der Waals surface area contributed by atoms with Crippen LogP contribution >= 0.6 is 0 Å². The van der Waals surface area contributed by atoms with Gasteiger partial charge in [-0.25, -0.2) is 14.6 Å². The fourth-order valence-corrected chi connectivity index (χ4v) is 4.62. The highest BCUT2D eigenvalue weighted by atomic mass is 16.5. The van der Waals surface area contributed by atoms with Crippen LogP contribution in [0.1, 0.15) is 38.6 Å². The van der Waals surface area contributed by atoms with Crippen molar-refractivity contribution >= 4 is 22.8 Å². The summed E-state index contributed by atoms with van der Waals surface area (Å²) in [5.74, 6) is 1.90. The summed E-state index contributed by atoms with van der Waals surface area (Å²) in [7, 11) is 0. The van der Waals surface area contributed by atoms with Crippen LogP contribution in [0, 0.1) is 0 Å². The molecule has 0 aliphatic heterocycles. The van der Waals surface area contributed by atoms with Gasteiger partial charge in [0.2, 0.25) is 5.91 Å². The Kier molecular flexibility index (Phi) is 6.43. The van der Waals surface area contributed by atoms with E-state index in [1.807, 2.05) is 66.2 Å². The number of nitrogens with two attached hydrogens (primary N) is 1. The minimum absolute atomic E-state index is 0.0389. The molecule has 8 heteroatoms. The monoisotopic (exact) mass is 468 g/mol. The van der Waals surface area contributed by atoms with Gasteiger partial charge in [-0.1, -0.05) is 24.3 Å². The Bertz CT molecular complexity index is 1340. The lowest BCUT2D eigenvalue weighted by Crippen LogP contribution is -2.37. The van der Waals surface area contributed by atoms with E-state index in [9.17, 15) is 4.79 Å². The number of nitrogens with zero attached hydrogens (tertiary/aromatic N) is 4. The van der Waals surface area contributed by atoms with Crippen molar-refractivity contribution in [2.75, 3.05) is 5.73 Å². The number of hydrogen-bond acceptors (Lipinski definition) is 6. The molecule has 178 valence electrons. The Morgan fingerprint density at radius 2 is 1.74 bits per heavy atom.